The number of Topliss-reactive ketones (excluding diaryl/α,β-unsaturated/α-hetero) is 1. The molecule has 0 bridgehead atoms. The summed E-state index contributed by atoms with van der Waals surface area (Å²) in [5, 5.41) is 14.1. The van der Waals surface area contributed by atoms with E-state index in [1.165, 1.54) is 18.7 Å². The summed E-state index contributed by atoms with van der Waals surface area (Å²) in [6.07, 6.45) is 1.91. The number of nitriles is 1. The summed E-state index contributed by atoms with van der Waals surface area (Å²) >= 11 is 7.40. The lowest BCUT2D eigenvalue weighted by molar-refractivity contribution is -0.113. The van der Waals surface area contributed by atoms with Crippen LogP contribution in [0.5, 0.6) is 0 Å². The number of hydrogen-bond donors (Lipinski definition) is 1. The molecule has 0 aliphatic carbocycles. The smallest absolute Gasteiger partial charge is 0.158 e. The number of allylic oxidation sites excluding steroid dienone is 3. The molecule has 1 aliphatic rings. The summed E-state index contributed by atoms with van der Waals surface area (Å²) in [5.41, 5.74) is 2.90. The van der Waals surface area contributed by atoms with Crippen LogP contribution in [-0.4, -0.2) is 12.0 Å². The van der Waals surface area contributed by atoms with Crippen molar-refractivity contribution in [3.8, 4) is 6.07 Å². The molecule has 0 unspecified atom stereocenters. The maximum absolute atomic E-state index is 12.1. The van der Waals surface area contributed by atoms with E-state index in [0.717, 1.165) is 16.3 Å². The minimum atomic E-state index is -0.339. The van der Waals surface area contributed by atoms with Crippen LogP contribution in [0.15, 0.2) is 46.1 Å². The highest BCUT2D eigenvalue weighted by atomic mass is 35.5. The maximum Gasteiger partial charge on any atom is 0.158 e. The SMILES string of the molecule is CSC1=C(C#N)[C@@H](c2ccc(Cl)cc2)C(C(C)=O)=C(C)N1. The molecule has 0 saturated carbocycles. The number of ketones is 1. The minimum absolute atomic E-state index is 0.0344. The third kappa shape index (κ3) is 2.99. The van der Waals surface area contributed by atoms with E-state index in [-0.39, 0.29) is 11.7 Å². The van der Waals surface area contributed by atoms with Crippen molar-refractivity contribution in [3.63, 3.8) is 0 Å². The quantitative estimate of drug-likeness (QED) is 0.915. The first-order valence-corrected chi connectivity index (χ1v) is 8.02. The molecule has 21 heavy (non-hydrogen) atoms. The highest BCUT2D eigenvalue weighted by Gasteiger charge is 2.32. The zero-order valence-corrected chi connectivity index (χ0v) is 13.6. The van der Waals surface area contributed by atoms with Crippen molar-refractivity contribution in [2.45, 2.75) is 19.8 Å². The molecular formula is C16H15ClN2OS. The lowest BCUT2D eigenvalue weighted by atomic mass is 9.81. The highest BCUT2D eigenvalue weighted by molar-refractivity contribution is 8.02. The van der Waals surface area contributed by atoms with Crippen LogP contribution < -0.4 is 5.32 Å². The average molecular weight is 319 g/mol. The Morgan fingerprint density at radius 2 is 2.00 bits per heavy atom. The van der Waals surface area contributed by atoms with E-state index in [9.17, 15) is 10.1 Å². The molecule has 2 rings (SSSR count). The summed E-state index contributed by atoms with van der Waals surface area (Å²) in [4.78, 5) is 12.1. The van der Waals surface area contributed by atoms with Gasteiger partial charge in [-0.1, -0.05) is 23.7 Å². The van der Waals surface area contributed by atoms with Crippen LogP contribution in [0, 0.1) is 11.3 Å². The predicted molar refractivity (Wildman–Crippen MR) is 86.9 cm³/mol. The van der Waals surface area contributed by atoms with E-state index in [0.29, 0.717) is 16.2 Å². The van der Waals surface area contributed by atoms with Crippen LogP contribution in [0.25, 0.3) is 0 Å². The molecule has 1 aromatic carbocycles. The summed E-state index contributed by atoms with van der Waals surface area (Å²) in [6, 6.07) is 9.54. The molecule has 0 amide bonds. The fraction of sp³-hybridized carbons (Fsp3) is 0.250. The van der Waals surface area contributed by atoms with Gasteiger partial charge in [0.05, 0.1) is 22.6 Å². The highest BCUT2D eigenvalue weighted by Crippen LogP contribution is 2.40. The summed E-state index contributed by atoms with van der Waals surface area (Å²) in [5.74, 6) is -0.374. The minimum Gasteiger partial charge on any atom is -0.353 e. The molecule has 0 saturated heterocycles. The molecule has 3 nitrogen and oxygen atoms in total. The predicted octanol–water partition coefficient (Wildman–Crippen LogP) is 3.99. The number of rotatable bonds is 3. The van der Waals surface area contributed by atoms with Crippen molar-refractivity contribution in [1.82, 2.24) is 5.32 Å². The number of nitrogens with one attached hydrogen (secondary N) is 1. The average Bonchev–Trinajstić information content (AvgIpc) is 2.46. The van der Waals surface area contributed by atoms with E-state index >= 15 is 0 Å². The van der Waals surface area contributed by atoms with Crippen LogP contribution >= 0.6 is 23.4 Å². The number of halogens is 1. The Labute approximate surface area is 133 Å². The Bertz CT molecular complexity index is 683. The summed E-state index contributed by atoms with van der Waals surface area (Å²) < 4.78 is 0. The number of nitrogens with zero attached hydrogens (tertiary/aromatic N) is 1. The zero-order valence-electron chi connectivity index (χ0n) is 12.0. The van der Waals surface area contributed by atoms with Gasteiger partial charge in [-0.15, -0.1) is 11.8 Å². The monoisotopic (exact) mass is 318 g/mol. The third-order valence-electron chi connectivity index (χ3n) is 3.43. The van der Waals surface area contributed by atoms with E-state index in [2.05, 4.69) is 11.4 Å². The van der Waals surface area contributed by atoms with Crippen molar-refractivity contribution in [2.24, 2.45) is 0 Å². The molecule has 108 valence electrons. The Hall–Kier alpha value is -1.70. The van der Waals surface area contributed by atoms with Gasteiger partial charge in [0.25, 0.3) is 0 Å². The largest absolute Gasteiger partial charge is 0.353 e. The summed E-state index contributed by atoms with van der Waals surface area (Å²) in [7, 11) is 0. The van der Waals surface area contributed by atoms with Crippen LogP contribution in [0.4, 0.5) is 0 Å². The van der Waals surface area contributed by atoms with Gasteiger partial charge in [0.1, 0.15) is 0 Å². The molecule has 0 radical (unpaired) electrons. The van der Waals surface area contributed by atoms with Gasteiger partial charge >= 0.3 is 0 Å². The molecule has 5 heteroatoms. The molecule has 1 aromatic rings. The van der Waals surface area contributed by atoms with E-state index in [4.69, 9.17) is 11.6 Å². The lowest BCUT2D eigenvalue weighted by Crippen LogP contribution is -2.26. The van der Waals surface area contributed by atoms with Gasteiger partial charge in [0.15, 0.2) is 5.78 Å². The van der Waals surface area contributed by atoms with E-state index in [1.807, 2.05) is 25.3 Å². The van der Waals surface area contributed by atoms with Gasteiger partial charge in [-0.05, 0) is 37.8 Å². The van der Waals surface area contributed by atoms with Gasteiger partial charge in [0.2, 0.25) is 0 Å². The van der Waals surface area contributed by atoms with Gasteiger partial charge in [-0.3, -0.25) is 4.79 Å². The fourth-order valence-corrected chi connectivity index (χ4v) is 3.29. The first kappa shape index (κ1) is 15.7. The Balaban J connectivity index is 2.66. The van der Waals surface area contributed by atoms with Crippen molar-refractivity contribution in [2.75, 3.05) is 6.26 Å². The Kier molecular flexibility index (Phi) is 4.76. The fourth-order valence-electron chi connectivity index (χ4n) is 2.53. The molecule has 1 aliphatic heterocycles. The van der Waals surface area contributed by atoms with Crippen molar-refractivity contribution in [3.05, 3.63) is 56.7 Å². The number of hydrogen-bond acceptors (Lipinski definition) is 4. The second kappa shape index (κ2) is 6.38. The van der Waals surface area contributed by atoms with Crippen molar-refractivity contribution >= 4 is 29.1 Å². The van der Waals surface area contributed by atoms with Gasteiger partial charge < -0.3 is 5.32 Å². The first-order chi connectivity index (χ1) is 9.99. The van der Waals surface area contributed by atoms with Crippen molar-refractivity contribution < 1.29 is 4.79 Å². The molecule has 1 N–H and O–H groups in total. The van der Waals surface area contributed by atoms with Crippen LogP contribution in [0.1, 0.15) is 25.3 Å². The second-order valence-electron chi connectivity index (χ2n) is 4.76. The van der Waals surface area contributed by atoms with Crippen LogP contribution in [0.3, 0.4) is 0 Å². The Morgan fingerprint density at radius 3 is 2.48 bits per heavy atom. The third-order valence-corrected chi connectivity index (χ3v) is 4.42. The maximum atomic E-state index is 12.1. The molecular weight excluding hydrogens is 304 g/mol. The number of carbonyl (C=O) groups excluding carboxylic acids is 1. The van der Waals surface area contributed by atoms with Crippen LogP contribution in [0.2, 0.25) is 5.02 Å². The standard InChI is InChI=1S/C16H15ClN2OS/c1-9-14(10(2)20)15(11-4-6-12(17)7-5-11)13(8-18)16(19-9)21-3/h4-7,15,19H,1-3H3/t15-/m1/s1. The van der Waals surface area contributed by atoms with Gasteiger partial charge in [-0.25, -0.2) is 0 Å². The first-order valence-electron chi connectivity index (χ1n) is 6.42. The Morgan fingerprint density at radius 1 is 1.38 bits per heavy atom. The van der Waals surface area contributed by atoms with E-state index in [1.54, 1.807) is 12.1 Å². The number of carbonyl (C=O) groups is 1. The van der Waals surface area contributed by atoms with Gasteiger partial charge in [0, 0.05) is 16.3 Å². The second-order valence-corrected chi connectivity index (χ2v) is 6.02. The molecule has 0 spiro atoms. The number of dihydropyridines is 1. The molecule has 0 fully saturated rings. The zero-order chi connectivity index (χ0) is 15.6. The topological polar surface area (TPSA) is 52.9 Å². The number of thioether (sulfide) groups is 1. The molecule has 1 atom stereocenters. The van der Waals surface area contributed by atoms with Crippen LogP contribution in [-0.2, 0) is 4.79 Å². The van der Waals surface area contributed by atoms with Crippen molar-refractivity contribution in [1.29, 1.82) is 5.26 Å². The molecule has 0 aromatic heterocycles. The lowest BCUT2D eigenvalue weighted by Gasteiger charge is -2.28. The van der Waals surface area contributed by atoms with Gasteiger partial charge in [-0.2, -0.15) is 5.26 Å². The molecule has 1 heterocycles. The van der Waals surface area contributed by atoms with E-state index < -0.39 is 0 Å². The summed E-state index contributed by atoms with van der Waals surface area (Å²) in [6.45, 7) is 3.40. The normalized spacial score (nSPS) is 18.3. The number of benzene rings is 1.